The minimum Gasteiger partial charge on any atom is -0.318 e. The monoisotopic (exact) mass is 549 g/mol. The number of unbranched alkanes of at least 4 members (excludes halogenated alkanes) is 1. The number of hydrogen-bond donors (Lipinski definition) is 3. The molecule has 10 nitrogen and oxygen atoms in total. The van der Waals surface area contributed by atoms with E-state index in [0.29, 0.717) is 22.8 Å². The van der Waals surface area contributed by atoms with Gasteiger partial charge in [-0.2, -0.15) is 0 Å². The molecule has 200 valence electrons. The predicted molar refractivity (Wildman–Crippen MR) is 146 cm³/mol. The molecular formula is C27H25ClFN7O3. The highest BCUT2D eigenvalue weighted by Crippen LogP contribution is 2.19. The Bertz CT molecular complexity index is 1540. The van der Waals surface area contributed by atoms with Crippen molar-refractivity contribution in [2.75, 3.05) is 17.2 Å². The van der Waals surface area contributed by atoms with Gasteiger partial charge in [0.1, 0.15) is 11.6 Å². The lowest BCUT2D eigenvalue weighted by Gasteiger charge is -2.12. The smallest absolute Gasteiger partial charge is 0.277 e. The van der Waals surface area contributed by atoms with Gasteiger partial charge in [0.2, 0.25) is 0 Å². The van der Waals surface area contributed by atoms with Crippen LogP contribution in [0.4, 0.5) is 15.9 Å². The van der Waals surface area contributed by atoms with Gasteiger partial charge in [-0.05, 0) is 43.3 Å². The second-order valence-corrected chi connectivity index (χ2v) is 8.86. The van der Waals surface area contributed by atoms with Crippen molar-refractivity contribution in [3.8, 4) is 5.69 Å². The highest BCUT2D eigenvalue weighted by Gasteiger charge is 2.22. The van der Waals surface area contributed by atoms with Crippen LogP contribution in [-0.4, -0.2) is 37.9 Å². The van der Waals surface area contributed by atoms with E-state index in [1.165, 1.54) is 47.4 Å². The molecule has 39 heavy (non-hydrogen) atoms. The average molecular weight is 550 g/mol. The molecular weight excluding hydrogens is 525 g/mol. The normalized spacial score (nSPS) is 10.7. The Morgan fingerprint density at radius 2 is 1.74 bits per heavy atom. The van der Waals surface area contributed by atoms with Crippen molar-refractivity contribution in [2.24, 2.45) is 0 Å². The second kappa shape index (κ2) is 12.9. The number of nitrogens with one attached hydrogen (secondary N) is 3. The van der Waals surface area contributed by atoms with Crippen LogP contribution in [-0.2, 0) is 6.54 Å². The molecule has 3 heterocycles. The van der Waals surface area contributed by atoms with Crippen LogP contribution in [0.2, 0.25) is 5.02 Å². The summed E-state index contributed by atoms with van der Waals surface area (Å²) in [5.41, 5.74) is -0.185. The topological polar surface area (TPSA) is 131 Å². The van der Waals surface area contributed by atoms with E-state index in [9.17, 15) is 14.4 Å². The lowest BCUT2D eigenvalue weighted by molar-refractivity contribution is 0.0982. The third kappa shape index (κ3) is 6.89. The summed E-state index contributed by atoms with van der Waals surface area (Å²) in [6, 6.07) is 10.4. The van der Waals surface area contributed by atoms with E-state index in [4.69, 9.17) is 11.6 Å². The molecule has 0 aliphatic heterocycles. The molecule has 4 aromatic rings. The fraction of sp³-hybridized carbons (Fsp3) is 0.185. The fourth-order valence-electron chi connectivity index (χ4n) is 3.63. The minimum atomic E-state index is -0.846. The number of rotatable bonds is 10. The van der Waals surface area contributed by atoms with Crippen molar-refractivity contribution in [2.45, 2.75) is 26.3 Å². The average Bonchev–Trinajstić information content (AvgIpc) is 2.94. The van der Waals surface area contributed by atoms with Gasteiger partial charge >= 0.3 is 0 Å². The Morgan fingerprint density at radius 3 is 2.41 bits per heavy atom. The number of carbonyl (C=O) groups excluding carboxylic acids is 2. The molecule has 0 aliphatic rings. The molecule has 0 aliphatic carbocycles. The molecule has 3 aromatic heterocycles. The van der Waals surface area contributed by atoms with Crippen LogP contribution < -0.4 is 21.5 Å². The molecule has 0 atom stereocenters. The molecule has 0 unspecified atom stereocenters. The lowest BCUT2D eigenvalue weighted by Crippen LogP contribution is -2.26. The number of anilines is 2. The first-order chi connectivity index (χ1) is 18.9. The Morgan fingerprint density at radius 1 is 1.00 bits per heavy atom. The predicted octanol–water partition coefficient (Wildman–Crippen LogP) is 4.21. The molecule has 1 aromatic carbocycles. The summed E-state index contributed by atoms with van der Waals surface area (Å²) < 4.78 is 16.4. The van der Waals surface area contributed by atoms with Crippen LogP contribution in [0.5, 0.6) is 0 Å². The van der Waals surface area contributed by atoms with Crippen molar-refractivity contribution >= 4 is 34.9 Å². The third-order valence-electron chi connectivity index (χ3n) is 5.63. The second-order valence-electron chi connectivity index (χ2n) is 8.43. The molecule has 0 bridgehead atoms. The summed E-state index contributed by atoms with van der Waals surface area (Å²) in [4.78, 5) is 50.4. The van der Waals surface area contributed by atoms with E-state index >= 15 is 4.39 Å². The molecule has 3 N–H and O–H groups in total. The van der Waals surface area contributed by atoms with Crippen LogP contribution >= 0.6 is 11.6 Å². The van der Waals surface area contributed by atoms with Gasteiger partial charge < -0.3 is 16.0 Å². The third-order valence-corrected chi connectivity index (χ3v) is 5.85. The number of pyridine rings is 2. The Labute approximate surface area is 228 Å². The molecule has 12 heteroatoms. The molecule has 0 saturated carbocycles. The van der Waals surface area contributed by atoms with Gasteiger partial charge in [0.15, 0.2) is 11.4 Å². The number of amides is 2. The highest BCUT2D eigenvalue weighted by molar-refractivity contribution is 6.30. The first-order valence-corrected chi connectivity index (χ1v) is 12.5. The summed E-state index contributed by atoms with van der Waals surface area (Å²) in [5.74, 6) is -2.16. The van der Waals surface area contributed by atoms with Gasteiger partial charge in [-0.25, -0.2) is 19.3 Å². The number of aromatic nitrogens is 4. The summed E-state index contributed by atoms with van der Waals surface area (Å²) in [6.45, 7) is 3.28. The van der Waals surface area contributed by atoms with Gasteiger partial charge in [-0.15, -0.1) is 0 Å². The van der Waals surface area contributed by atoms with E-state index in [-0.39, 0.29) is 28.5 Å². The number of halogens is 2. The van der Waals surface area contributed by atoms with Crippen molar-refractivity contribution in [1.82, 2.24) is 24.8 Å². The lowest BCUT2D eigenvalue weighted by atomic mass is 10.2. The van der Waals surface area contributed by atoms with Gasteiger partial charge in [0.05, 0.1) is 16.4 Å². The molecule has 0 saturated heterocycles. The maximum atomic E-state index is 15.0. The van der Waals surface area contributed by atoms with Crippen molar-refractivity contribution in [3.63, 3.8) is 0 Å². The zero-order valence-corrected chi connectivity index (χ0v) is 21.7. The van der Waals surface area contributed by atoms with Crippen molar-refractivity contribution in [3.05, 3.63) is 105 Å². The molecule has 0 spiro atoms. The summed E-state index contributed by atoms with van der Waals surface area (Å²) in [5, 5.41) is 8.53. The SMILES string of the molecule is CCCCNCc1cccn(-c2ccc(NC(=O)c3nccnc3C(=O)Nc3ccc(Cl)cn3)c(F)c2)c1=O. The van der Waals surface area contributed by atoms with E-state index < -0.39 is 17.6 Å². The fourth-order valence-corrected chi connectivity index (χ4v) is 3.75. The standard InChI is InChI=1S/C27H25ClFN7O3/c1-2-3-10-30-15-17-5-4-13-36(27(17)39)19-7-8-21(20(29)14-19)34-25(37)23-24(32-12-11-31-23)26(38)35-22-9-6-18(28)16-33-22/h4-9,11-14,16,30H,2-3,10,15H2,1H3,(H,34,37)(H,33,35,38). The Hall–Kier alpha value is -4.48. The van der Waals surface area contributed by atoms with Gasteiger partial charge in [-0.1, -0.05) is 31.0 Å². The molecule has 0 fully saturated rings. The van der Waals surface area contributed by atoms with E-state index in [1.54, 1.807) is 18.3 Å². The van der Waals surface area contributed by atoms with Crippen LogP contribution in [0.3, 0.4) is 0 Å². The van der Waals surface area contributed by atoms with Gasteiger partial charge in [-0.3, -0.25) is 19.0 Å². The summed E-state index contributed by atoms with van der Waals surface area (Å²) >= 11 is 5.81. The first kappa shape index (κ1) is 27.6. The van der Waals surface area contributed by atoms with Gasteiger partial charge in [0, 0.05) is 43.0 Å². The molecule has 2 amide bonds. The van der Waals surface area contributed by atoms with E-state index in [0.717, 1.165) is 25.5 Å². The maximum Gasteiger partial charge on any atom is 0.277 e. The zero-order chi connectivity index (χ0) is 27.8. The minimum absolute atomic E-state index is 0.162. The van der Waals surface area contributed by atoms with Crippen molar-refractivity contribution in [1.29, 1.82) is 0 Å². The highest BCUT2D eigenvalue weighted by atomic mass is 35.5. The van der Waals surface area contributed by atoms with Crippen LogP contribution in [0.25, 0.3) is 5.69 Å². The Balaban J connectivity index is 1.50. The first-order valence-electron chi connectivity index (χ1n) is 12.1. The van der Waals surface area contributed by atoms with Crippen LogP contribution in [0.1, 0.15) is 46.3 Å². The van der Waals surface area contributed by atoms with Crippen LogP contribution in [0.15, 0.2) is 72.0 Å². The van der Waals surface area contributed by atoms with E-state index in [1.807, 2.05) is 0 Å². The van der Waals surface area contributed by atoms with Crippen LogP contribution in [0, 0.1) is 5.82 Å². The van der Waals surface area contributed by atoms with Gasteiger partial charge in [0.25, 0.3) is 17.4 Å². The largest absolute Gasteiger partial charge is 0.318 e. The van der Waals surface area contributed by atoms with E-state index in [2.05, 4.69) is 37.8 Å². The summed E-state index contributed by atoms with van der Waals surface area (Å²) in [6.07, 6.45) is 7.43. The Kier molecular flexibility index (Phi) is 9.08. The van der Waals surface area contributed by atoms with Crippen molar-refractivity contribution < 1.29 is 14.0 Å². The number of carbonyl (C=O) groups is 2. The molecule has 4 rings (SSSR count). The zero-order valence-electron chi connectivity index (χ0n) is 20.9. The number of nitrogens with zero attached hydrogens (tertiary/aromatic N) is 4. The summed E-state index contributed by atoms with van der Waals surface area (Å²) in [7, 11) is 0. The quantitative estimate of drug-likeness (QED) is 0.253. The number of benzene rings is 1. The number of hydrogen-bond acceptors (Lipinski definition) is 7. The molecule has 0 radical (unpaired) electrons. The maximum absolute atomic E-state index is 15.0.